The van der Waals surface area contributed by atoms with Gasteiger partial charge in [-0.05, 0) is 148 Å². The zero-order valence-electron chi connectivity index (χ0n) is 48.5. The van der Waals surface area contributed by atoms with Crippen LogP contribution in [0.3, 0.4) is 0 Å². The van der Waals surface area contributed by atoms with Crippen LogP contribution in [0.15, 0.2) is 273 Å². The van der Waals surface area contributed by atoms with Crippen LogP contribution < -0.4 is 4.90 Å². The van der Waals surface area contributed by atoms with Crippen LogP contribution in [0.2, 0.25) is 0 Å². The Kier molecular flexibility index (Phi) is 6.94. The Morgan fingerprint density at radius 3 is 1.46 bits per heavy atom. The van der Waals surface area contributed by atoms with Crippen molar-refractivity contribution in [3.8, 4) is 44.5 Å². The van der Waals surface area contributed by atoms with Gasteiger partial charge in [-0.15, -0.1) is 0 Å². The van der Waals surface area contributed by atoms with Gasteiger partial charge in [0.15, 0.2) is 0 Å². The van der Waals surface area contributed by atoms with Gasteiger partial charge in [0.05, 0.1) is 21.9 Å². The van der Waals surface area contributed by atoms with Gasteiger partial charge >= 0.3 is 0 Å². The summed E-state index contributed by atoms with van der Waals surface area (Å²) in [6.07, 6.45) is 0. The standard InChI is InChI=1S/C67H45N/c1-3-18-54(19-4-1)67(55-20-5-2-6-21-55)65-26-14-13-25-62(65)63-42-41-58(45-66(63)67)68(57-39-35-50(36-40-57)64-44-53-17-9-10-22-59(53)60-23-11-12-24-61(60)64)56-37-33-48(34-38-56)47-27-29-49(30-28-47)52-32-31-46-15-7-8-16-51(46)43-52/h1-45H/i27D,28D,29D,30D,33D,34D,35D,36D,37D,38D,39D,40D. The highest BCUT2D eigenvalue weighted by Crippen LogP contribution is 2.57. The molecule has 0 aliphatic heterocycles. The molecular formula is C67H45N. The van der Waals surface area contributed by atoms with Gasteiger partial charge in [-0.1, -0.05) is 224 Å². The molecule has 1 aliphatic rings. The van der Waals surface area contributed by atoms with Crippen molar-refractivity contribution in [1.29, 1.82) is 0 Å². The lowest BCUT2D eigenvalue weighted by Crippen LogP contribution is -2.28. The van der Waals surface area contributed by atoms with Crippen molar-refractivity contribution in [2.75, 3.05) is 4.90 Å². The first-order valence-electron chi connectivity index (χ1n) is 28.6. The van der Waals surface area contributed by atoms with E-state index in [4.69, 9.17) is 0 Å². The number of hydrogen-bond acceptors (Lipinski definition) is 1. The van der Waals surface area contributed by atoms with Crippen LogP contribution in [0.1, 0.15) is 38.7 Å². The van der Waals surface area contributed by atoms with Crippen molar-refractivity contribution in [3.63, 3.8) is 0 Å². The molecule has 0 bridgehead atoms. The molecule has 0 amide bonds. The summed E-state index contributed by atoms with van der Waals surface area (Å²) in [7, 11) is 0. The van der Waals surface area contributed by atoms with E-state index >= 15 is 0 Å². The van der Waals surface area contributed by atoms with E-state index in [-0.39, 0.29) is 22.5 Å². The average molecular weight is 876 g/mol. The summed E-state index contributed by atoms with van der Waals surface area (Å²) in [5, 5.41) is 5.09. The molecule has 0 radical (unpaired) electrons. The second-order valence-corrected chi connectivity index (χ2v) is 17.0. The lowest BCUT2D eigenvalue weighted by Gasteiger charge is -2.35. The first kappa shape index (κ1) is 29.0. The van der Waals surface area contributed by atoms with Crippen molar-refractivity contribution >= 4 is 49.4 Å². The number of rotatable bonds is 8. The molecule has 0 saturated carbocycles. The third-order valence-electron chi connectivity index (χ3n) is 13.3. The van der Waals surface area contributed by atoms with Crippen LogP contribution in [0.5, 0.6) is 0 Å². The molecular weight excluding hydrogens is 819 g/mol. The molecule has 1 aliphatic carbocycles. The molecule has 0 atom stereocenters. The van der Waals surface area contributed by atoms with Gasteiger partial charge < -0.3 is 4.90 Å². The van der Waals surface area contributed by atoms with E-state index in [9.17, 15) is 16.4 Å². The summed E-state index contributed by atoms with van der Waals surface area (Å²) in [5.41, 5.74) is 3.94. The van der Waals surface area contributed by atoms with Crippen molar-refractivity contribution in [1.82, 2.24) is 0 Å². The smallest absolute Gasteiger partial charge is 0.0714 e. The van der Waals surface area contributed by atoms with Gasteiger partial charge in [0.1, 0.15) is 0 Å². The Labute approximate surface area is 414 Å². The molecule has 12 aromatic carbocycles. The number of nitrogens with zero attached hydrogens (tertiary/aromatic N) is 1. The van der Waals surface area contributed by atoms with Crippen LogP contribution in [0.25, 0.3) is 76.8 Å². The number of anilines is 3. The number of fused-ring (bicyclic) bond motifs is 7. The highest BCUT2D eigenvalue weighted by atomic mass is 15.1. The van der Waals surface area contributed by atoms with Gasteiger partial charge in [0.2, 0.25) is 0 Å². The monoisotopic (exact) mass is 875 g/mol. The summed E-state index contributed by atoms with van der Waals surface area (Å²) in [6.45, 7) is 0. The van der Waals surface area contributed by atoms with Gasteiger partial charge in [0, 0.05) is 17.1 Å². The predicted molar refractivity (Wildman–Crippen MR) is 287 cm³/mol. The van der Waals surface area contributed by atoms with Crippen LogP contribution in [-0.2, 0) is 5.41 Å². The van der Waals surface area contributed by atoms with Crippen LogP contribution in [-0.4, -0.2) is 0 Å². The third kappa shape index (κ3) is 6.47. The highest BCUT2D eigenvalue weighted by molar-refractivity contribution is 6.13. The third-order valence-corrected chi connectivity index (χ3v) is 13.3. The van der Waals surface area contributed by atoms with E-state index in [0.717, 1.165) is 60.3 Å². The Morgan fingerprint density at radius 2 is 0.779 bits per heavy atom. The fraction of sp³-hybridized carbons (Fsp3) is 0.0149. The number of hydrogen-bond donors (Lipinski definition) is 0. The van der Waals surface area contributed by atoms with Gasteiger partial charge in [0.25, 0.3) is 0 Å². The van der Waals surface area contributed by atoms with Gasteiger partial charge in [-0.2, -0.15) is 0 Å². The minimum atomic E-state index is -0.972. The maximum absolute atomic E-state index is 10.1. The molecule has 318 valence electrons. The largest absolute Gasteiger partial charge is 0.310 e. The second kappa shape index (κ2) is 16.3. The maximum Gasteiger partial charge on any atom is 0.0714 e. The van der Waals surface area contributed by atoms with E-state index < -0.39 is 94.7 Å². The van der Waals surface area contributed by atoms with Crippen molar-refractivity contribution in [2.24, 2.45) is 0 Å². The molecule has 13 rings (SSSR count). The van der Waals surface area contributed by atoms with Crippen molar-refractivity contribution in [2.45, 2.75) is 5.41 Å². The summed E-state index contributed by atoms with van der Waals surface area (Å²) in [4.78, 5) is 1.29. The first-order chi connectivity index (χ1) is 38.7. The Balaban J connectivity index is 1.09. The molecule has 0 saturated heterocycles. The zero-order valence-corrected chi connectivity index (χ0v) is 36.5. The molecule has 0 unspecified atom stereocenters. The highest BCUT2D eigenvalue weighted by Gasteiger charge is 2.46. The van der Waals surface area contributed by atoms with E-state index in [2.05, 4.69) is 36.4 Å². The van der Waals surface area contributed by atoms with Crippen molar-refractivity contribution < 1.29 is 16.4 Å². The zero-order chi connectivity index (χ0) is 55.5. The fourth-order valence-corrected chi connectivity index (χ4v) is 10.2. The van der Waals surface area contributed by atoms with E-state index in [1.165, 1.54) is 4.90 Å². The van der Waals surface area contributed by atoms with E-state index in [1.54, 1.807) is 18.2 Å². The predicted octanol–water partition coefficient (Wildman–Crippen LogP) is 18.0. The van der Waals surface area contributed by atoms with E-state index in [0.29, 0.717) is 16.5 Å². The molecule has 12 aromatic rings. The van der Waals surface area contributed by atoms with E-state index in [1.807, 2.05) is 146 Å². The average Bonchev–Trinajstić information content (AvgIpc) is 3.98. The Bertz CT molecular complexity index is 4450. The van der Waals surface area contributed by atoms with Crippen molar-refractivity contribution in [3.05, 3.63) is 295 Å². The van der Waals surface area contributed by atoms with Crippen LogP contribution in [0, 0.1) is 0 Å². The molecule has 68 heavy (non-hydrogen) atoms. The molecule has 0 N–H and O–H groups in total. The second-order valence-electron chi connectivity index (χ2n) is 17.0. The Hall–Kier alpha value is -8.78. The van der Waals surface area contributed by atoms with Gasteiger partial charge in [-0.25, -0.2) is 0 Å². The Morgan fingerprint density at radius 1 is 0.279 bits per heavy atom. The first-order valence-corrected chi connectivity index (χ1v) is 22.6. The topological polar surface area (TPSA) is 3.24 Å². The quantitative estimate of drug-likeness (QED) is 0.138. The number of benzene rings is 12. The summed E-state index contributed by atoms with van der Waals surface area (Å²) in [5.74, 6) is 0. The van der Waals surface area contributed by atoms with Crippen LogP contribution >= 0.6 is 0 Å². The minimum absolute atomic E-state index is 0.0110. The lowest BCUT2D eigenvalue weighted by atomic mass is 9.67. The molecule has 1 nitrogen and oxygen atoms in total. The maximum atomic E-state index is 10.1. The molecule has 1 heteroatoms. The SMILES string of the molecule is [2H]c1c([2H])c(-c2c([2H])c([2H])c(N(c3ccc4c(c3)C(c3ccccc3)(c3ccccc3)c3ccccc3-4)c3c([2H])c([2H])c(-c4cc5ccccc5c5ccccc45)c([2H])c3[2H])c([2H])c2[2H])c([2H])c([2H])c1-c1ccc2ccccc2c1. The normalized spacial score (nSPS) is 15.0. The lowest BCUT2D eigenvalue weighted by molar-refractivity contribution is 0.768. The van der Waals surface area contributed by atoms with Crippen LogP contribution in [0.4, 0.5) is 17.1 Å². The molecule has 0 aromatic heterocycles. The summed E-state index contributed by atoms with van der Waals surface area (Å²) in [6, 6.07) is 57.2. The molecule has 0 heterocycles. The minimum Gasteiger partial charge on any atom is -0.310 e. The molecule has 0 spiro atoms. The fourth-order valence-electron chi connectivity index (χ4n) is 10.2. The molecule has 0 fully saturated rings. The van der Waals surface area contributed by atoms with Gasteiger partial charge in [-0.3, -0.25) is 0 Å². The summed E-state index contributed by atoms with van der Waals surface area (Å²) < 4.78 is 117. The summed E-state index contributed by atoms with van der Waals surface area (Å²) >= 11 is 0.